The Balaban J connectivity index is 2.00. The number of carbonyl (C=O) groups excluding carboxylic acids is 2. The highest BCUT2D eigenvalue weighted by molar-refractivity contribution is 6.01. The van der Waals surface area contributed by atoms with Crippen LogP contribution in [0.15, 0.2) is 53.9 Å². The molecule has 0 aliphatic carbocycles. The van der Waals surface area contributed by atoms with E-state index >= 15 is 0 Å². The van der Waals surface area contributed by atoms with Gasteiger partial charge < -0.3 is 5.32 Å². The molecule has 0 saturated heterocycles. The minimum absolute atomic E-state index is 0.0307. The Bertz CT molecular complexity index is 737. The lowest BCUT2D eigenvalue weighted by atomic mass is 10.1. The molecule has 0 radical (unpaired) electrons. The van der Waals surface area contributed by atoms with Crippen LogP contribution in [0.1, 0.15) is 36.7 Å². The van der Waals surface area contributed by atoms with Crippen molar-refractivity contribution in [1.29, 1.82) is 0 Å². The lowest BCUT2D eigenvalue weighted by Crippen LogP contribution is -2.19. The third kappa shape index (κ3) is 4.74. The average Bonchev–Trinajstić information content (AvgIpc) is 2.60. The Morgan fingerprint density at radius 2 is 1.79 bits per heavy atom. The number of carbonyl (C=O) groups is 2. The zero-order valence-electron chi connectivity index (χ0n) is 13.9. The molecule has 6 nitrogen and oxygen atoms in total. The third-order valence-corrected chi connectivity index (χ3v) is 3.34. The first-order valence-electron chi connectivity index (χ1n) is 7.63. The Morgan fingerprint density at radius 1 is 1.08 bits per heavy atom. The lowest BCUT2D eigenvalue weighted by molar-refractivity contribution is -0.118. The van der Waals surface area contributed by atoms with Gasteiger partial charge in [-0.3, -0.25) is 14.6 Å². The van der Waals surface area contributed by atoms with Crippen LogP contribution in [-0.4, -0.2) is 22.5 Å². The summed E-state index contributed by atoms with van der Waals surface area (Å²) in [5, 5.41) is 6.92. The van der Waals surface area contributed by atoms with Gasteiger partial charge in [-0.05, 0) is 36.8 Å². The molecule has 124 valence electrons. The molecular weight excluding hydrogens is 304 g/mol. The van der Waals surface area contributed by atoms with Gasteiger partial charge in [0.2, 0.25) is 5.91 Å². The molecule has 1 aromatic carbocycles. The van der Waals surface area contributed by atoms with Gasteiger partial charge in [0.25, 0.3) is 5.91 Å². The second-order valence-electron chi connectivity index (χ2n) is 5.60. The predicted molar refractivity (Wildman–Crippen MR) is 93.8 cm³/mol. The molecule has 24 heavy (non-hydrogen) atoms. The highest BCUT2D eigenvalue weighted by atomic mass is 16.2. The first kappa shape index (κ1) is 17.3. The Morgan fingerprint density at radius 3 is 2.38 bits per heavy atom. The summed E-state index contributed by atoms with van der Waals surface area (Å²) >= 11 is 0. The van der Waals surface area contributed by atoms with Crippen LogP contribution < -0.4 is 10.7 Å². The summed E-state index contributed by atoms with van der Waals surface area (Å²) in [7, 11) is 0. The van der Waals surface area contributed by atoms with Gasteiger partial charge in [-0.15, -0.1) is 0 Å². The van der Waals surface area contributed by atoms with Gasteiger partial charge in [-0.25, -0.2) is 5.43 Å². The van der Waals surface area contributed by atoms with E-state index in [1.54, 1.807) is 37.4 Å². The molecule has 2 rings (SSSR count). The van der Waals surface area contributed by atoms with Gasteiger partial charge in [0, 0.05) is 24.0 Å². The third-order valence-electron chi connectivity index (χ3n) is 3.34. The smallest absolute Gasteiger partial charge is 0.272 e. The van der Waals surface area contributed by atoms with Gasteiger partial charge >= 0.3 is 0 Å². The minimum atomic E-state index is -0.316. The van der Waals surface area contributed by atoms with Crippen molar-refractivity contribution in [3.8, 4) is 0 Å². The molecule has 0 aliphatic rings. The maximum absolute atomic E-state index is 11.9. The highest BCUT2D eigenvalue weighted by Gasteiger charge is 2.07. The van der Waals surface area contributed by atoms with E-state index < -0.39 is 0 Å². The molecule has 2 N–H and O–H groups in total. The summed E-state index contributed by atoms with van der Waals surface area (Å²) in [6.07, 6.45) is 3.08. The largest absolute Gasteiger partial charge is 0.326 e. The van der Waals surface area contributed by atoms with Crippen molar-refractivity contribution >= 4 is 23.2 Å². The predicted octanol–water partition coefficient (Wildman–Crippen LogP) is 2.83. The second kappa shape index (κ2) is 8.01. The van der Waals surface area contributed by atoms with E-state index in [2.05, 4.69) is 20.8 Å². The van der Waals surface area contributed by atoms with Crippen LogP contribution in [0.3, 0.4) is 0 Å². The van der Waals surface area contributed by atoms with E-state index in [4.69, 9.17) is 0 Å². The Kier molecular flexibility index (Phi) is 5.78. The topological polar surface area (TPSA) is 83.4 Å². The number of amides is 2. The summed E-state index contributed by atoms with van der Waals surface area (Å²) in [5.41, 5.74) is 5.18. The van der Waals surface area contributed by atoms with E-state index in [1.165, 1.54) is 6.20 Å². The maximum Gasteiger partial charge on any atom is 0.272 e. The highest BCUT2D eigenvalue weighted by Crippen LogP contribution is 2.11. The molecule has 0 spiro atoms. The molecule has 0 fully saturated rings. The summed E-state index contributed by atoms with van der Waals surface area (Å²) in [6.45, 7) is 5.47. The normalized spacial score (nSPS) is 11.2. The number of hydrogen-bond acceptors (Lipinski definition) is 4. The maximum atomic E-state index is 11.9. The number of pyridine rings is 1. The standard InChI is InChI=1S/C18H20N4O2/c1-12(2)17(23)20-16-8-6-14(7-9-16)13(3)21-22-18(24)15-5-4-10-19-11-15/h4-12H,1-3H3,(H,20,23)(H,22,24). The van der Waals surface area contributed by atoms with Crippen molar-refractivity contribution in [1.82, 2.24) is 10.4 Å². The molecule has 0 saturated carbocycles. The Labute approximate surface area is 141 Å². The van der Waals surface area contributed by atoms with Crippen LogP contribution in [-0.2, 0) is 4.79 Å². The van der Waals surface area contributed by atoms with Gasteiger partial charge in [-0.1, -0.05) is 26.0 Å². The molecule has 0 unspecified atom stereocenters. The zero-order chi connectivity index (χ0) is 17.5. The van der Waals surface area contributed by atoms with E-state index in [-0.39, 0.29) is 17.7 Å². The van der Waals surface area contributed by atoms with Crippen molar-refractivity contribution < 1.29 is 9.59 Å². The summed E-state index contributed by atoms with van der Waals surface area (Å²) in [4.78, 5) is 27.5. The van der Waals surface area contributed by atoms with Crippen molar-refractivity contribution in [2.75, 3.05) is 5.32 Å². The van der Waals surface area contributed by atoms with Crippen molar-refractivity contribution in [3.05, 3.63) is 59.9 Å². The molecule has 0 bridgehead atoms. The molecular formula is C18H20N4O2. The number of nitrogens with one attached hydrogen (secondary N) is 2. The van der Waals surface area contributed by atoms with E-state index in [9.17, 15) is 9.59 Å². The van der Waals surface area contributed by atoms with E-state index in [1.807, 2.05) is 26.0 Å². The quantitative estimate of drug-likeness (QED) is 0.655. The number of nitrogens with zero attached hydrogens (tertiary/aromatic N) is 2. The van der Waals surface area contributed by atoms with Crippen LogP contribution in [0.25, 0.3) is 0 Å². The number of rotatable bonds is 5. The SMILES string of the molecule is CC(=NNC(=O)c1cccnc1)c1ccc(NC(=O)C(C)C)cc1. The van der Waals surface area contributed by atoms with Gasteiger partial charge in [-0.2, -0.15) is 5.10 Å². The van der Waals surface area contributed by atoms with Crippen LogP contribution in [0.2, 0.25) is 0 Å². The molecule has 1 aromatic heterocycles. The summed E-state index contributed by atoms with van der Waals surface area (Å²) in [5.74, 6) is -0.421. The number of aromatic nitrogens is 1. The molecule has 0 atom stereocenters. The summed E-state index contributed by atoms with van der Waals surface area (Å²) in [6, 6.07) is 10.6. The lowest BCUT2D eigenvalue weighted by Gasteiger charge is -2.08. The first-order valence-corrected chi connectivity index (χ1v) is 7.63. The van der Waals surface area contributed by atoms with Crippen LogP contribution in [0.5, 0.6) is 0 Å². The number of benzene rings is 1. The first-order chi connectivity index (χ1) is 11.5. The van der Waals surface area contributed by atoms with Gasteiger partial charge in [0.1, 0.15) is 0 Å². The van der Waals surface area contributed by atoms with Crippen LogP contribution in [0.4, 0.5) is 5.69 Å². The number of hydrogen-bond donors (Lipinski definition) is 2. The summed E-state index contributed by atoms with van der Waals surface area (Å²) < 4.78 is 0. The van der Waals surface area contributed by atoms with Crippen molar-refractivity contribution in [2.24, 2.45) is 11.0 Å². The average molecular weight is 324 g/mol. The van der Waals surface area contributed by atoms with Crippen molar-refractivity contribution in [3.63, 3.8) is 0 Å². The van der Waals surface area contributed by atoms with E-state index in [0.29, 0.717) is 11.3 Å². The van der Waals surface area contributed by atoms with Crippen LogP contribution in [0, 0.1) is 5.92 Å². The Hall–Kier alpha value is -3.02. The number of hydrazone groups is 1. The van der Waals surface area contributed by atoms with Gasteiger partial charge in [0.15, 0.2) is 0 Å². The fourth-order valence-corrected chi connectivity index (χ4v) is 1.84. The van der Waals surface area contributed by atoms with Crippen molar-refractivity contribution in [2.45, 2.75) is 20.8 Å². The molecule has 2 amide bonds. The fraction of sp³-hybridized carbons (Fsp3) is 0.222. The fourth-order valence-electron chi connectivity index (χ4n) is 1.84. The molecule has 2 aromatic rings. The van der Waals surface area contributed by atoms with E-state index in [0.717, 1.165) is 11.3 Å². The minimum Gasteiger partial charge on any atom is -0.326 e. The monoisotopic (exact) mass is 324 g/mol. The second-order valence-corrected chi connectivity index (χ2v) is 5.60. The number of anilines is 1. The zero-order valence-corrected chi connectivity index (χ0v) is 13.9. The van der Waals surface area contributed by atoms with Crippen LogP contribution >= 0.6 is 0 Å². The molecule has 6 heteroatoms. The molecule has 0 aliphatic heterocycles. The van der Waals surface area contributed by atoms with Gasteiger partial charge in [0.05, 0.1) is 11.3 Å². The molecule has 1 heterocycles.